The van der Waals surface area contributed by atoms with Crippen LogP contribution in [0.1, 0.15) is 20.3 Å². The molecule has 0 amide bonds. The van der Waals surface area contributed by atoms with Crippen LogP contribution in [-0.4, -0.2) is 35.9 Å². The third kappa shape index (κ3) is 4.02. The second-order valence-electron chi connectivity index (χ2n) is 4.31. The number of likely N-dealkylation sites (tertiary alicyclic amines) is 1. The fraction of sp³-hybridized carbons (Fsp3) is 0.400. The molecule has 0 aromatic rings. The van der Waals surface area contributed by atoms with Crippen molar-refractivity contribution in [2.75, 3.05) is 13.7 Å². The number of aliphatic hydroxyl groups is 1. The Morgan fingerprint density at radius 2 is 2.16 bits per heavy atom. The van der Waals surface area contributed by atoms with Crippen molar-refractivity contribution in [2.24, 2.45) is 0 Å². The number of nitrogens with zero attached hydrogens (tertiary/aromatic N) is 1. The Balaban J connectivity index is 2.86. The maximum Gasteiger partial charge on any atom is 0.187 e. The van der Waals surface area contributed by atoms with Crippen LogP contribution in [0.25, 0.3) is 0 Å². The quantitative estimate of drug-likeness (QED) is 0.346. The lowest BCUT2D eigenvalue weighted by molar-refractivity contribution is 0.218. The molecule has 1 rings (SSSR count). The predicted octanol–water partition coefficient (Wildman–Crippen LogP) is 3.16. The molecule has 19 heavy (non-hydrogen) atoms. The van der Waals surface area contributed by atoms with Gasteiger partial charge in [0.05, 0.1) is 13.2 Å². The van der Waals surface area contributed by atoms with Crippen LogP contribution in [-0.2, 0) is 4.74 Å². The molecule has 0 saturated carbocycles. The van der Waals surface area contributed by atoms with E-state index in [-0.39, 0.29) is 11.9 Å². The molecule has 1 atom stereocenters. The average Bonchev–Trinajstić information content (AvgIpc) is 2.86. The number of nitrogens with one attached hydrogen (secondary N) is 1. The first-order chi connectivity index (χ1) is 9.15. The summed E-state index contributed by atoms with van der Waals surface area (Å²) in [5, 5.41) is 17.5. The highest BCUT2D eigenvalue weighted by Crippen LogP contribution is 2.24. The highest BCUT2D eigenvalue weighted by Gasteiger charge is 2.27. The largest absolute Gasteiger partial charge is 0.497 e. The molecule has 4 nitrogen and oxygen atoms in total. The number of hydrogen-bond donors (Lipinski definition) is 2. The highest BCUT2D eigenvalue weighted by atomic mass is 16.5. The van der Waals surface area contributed by atoms with E-state index in [1.54, 1.807) is 19.3 Å². The standard InChI is InChI=1S/C15H22N2O2/c1-4-6-14(19-3)7-8-15(18)17-11-12(5-2)9-13(17)10-16/h4-8,10,13,16,18H,9,11H2,1-3H3/b6-4-,12-5+,14-7+,15-8-,16-10?/t13-/m0/s1. The molecular weight excluding hydrogens is 240 g/mol. The summed E-state index contributed by atoms with van der Waals surface area (Å²) in [7, 11) is 1.59. The van der Waals surface area contributed by atoms with Gasteiger partial charge in [0.1, 0.15) is 5.76 Å². The van der Waals surface area contributed by atoms with Gasteiger partial charge in [0.2, 0.25) is 0 Å². The van der Waals surface area contributed by atoms with E-state index in [9.17, 15) is 5.11 Å². The molecule has 1 fully saturated rings. The minimum Gasteiger partial charge on any atom is -0.497 e. The lowest BCUT2D eigenvalue weighted by atomic mass is 10.1. The third-order valence-corrected chi connectivity index (χ3v) is 3.10. The second-order valence-corrected chi connectivity index (χ2v) is 4.31. The maximum absolute atomic E-state index is 10.1. The van der Waals surface area contributed by atoms with E-state index >= 15 is 0 Å². The van der Waals surface area contributed by atoms with Gasteiger partial charge < -0.3 is 20.2 Å². The van der Waals surface area contributed by atoms with E-state index in [0.717, 1.165) is 6.42 Å². The number of methoxy groups -OCH3 is 1. The molecule has 1 aliphatic heterocycles. The Hall–Kier alpha value is -1.97. The Kier molecular flexibility index (Phi) is 5.93. The molecule has 4 heteroatoms. The third-order valence-electron chi connectivity index (χ3n) is 3.10. The van der Waals surface area contributed by atoms with Gasteiger partial charge in [-0.05, 0) is 32.4 Å². The number of hydrogen-bond acceptors (Lipinski definition) is 4. The molecule has 0 aromatic heterocycles. The van der Waals surface area contributed by atoms with Crippen molar-refractivity contribution in [3.63, 3.8) is 0 Å². The van der Waals surface area contributed by atoms with E-state index in [4.69, 9.17) is 10.1 Å². The van der Waals surface area contributed by atoms with Crippen LogP contribution in [0, 0.1) is 5.41 Å². The molecule has 0 unspecified atom stereocenters. The van der Waals surface area contributed by atoms with Crippen LogP contribution in [0.5, 0.6) is 0 Å². The van der Waals surface area contributed by atoms with Gasteiger partial charge in [-0.25, -0.2) is 0 Å². The van der Waals surface area contributed by atoms with Crippen molar-refractivity contribution >= 4 is 6.21 Å². The first-order valence-electron chi connectivity index (χ1n) is 6.35. The zero-order chi connectivity index (χ0) is 14.3. The second kappa shape index (κ2) is 7.46. The monoisotopic (exact) mass is 262 g/mol. The molecule has 0 bridgehead atoms. The summed E-state index contributed by atoms with van der Waals surface area (Å²) in [5.41, 5.74) is 1.23. The molecule has 104 valence electrons. The summed E-state index contributed by atoms with van der Waals surface area (Å²) in [5.74, 6) is 0.829. The maximum atomic E-state index is 10.1. The number of ether oxygens (including phenoxy) is 1. The van der Waals surface area contributed by atoms with Gasteiger partial charge in [-0.3, -0.25) is 0 Å². The first kappa shape index (κ1) is 15.1. The number of allylic oxidation sites excluding steroid dienone is 5. The Morgan fingerprint density at radius 1 is 1.42 bits per heavy atom. The van der Waals surface area contributed by atoms with Gasteiger partial charge in [0.25, 0.3) is 0 Å². The van der Waals surface area contributed by atoms with Crippen LogP contribution >= 0.6 is 0 Å². The van der Waals surface area contributed by atoms with Gasteiger partial charge in [-0.2, -0.15) is 0 Å². The van der Waals surface area contributed by atoms with Crippen molar-refractivity contribution in [2.45, 2.75) is 26.3 Å². The summed E-state index contributed by atoms with van der Waals surface area (Å²) in [6.07, 6.45) is 11.2. The topological polar surface area (TPSA) is 56.5 Å². The van der Waals surface area contributed by atoms with Crippen molar-refractivity contribution in [1.29, 1.82) is 5.41 Å². The first-order valence-corrected chi connectivity index (χ1v) is 6.35. The summed E-state index contributed by atoms with van der Waals surface area (Å²) >= 11 is 0. The van der Waals surface area contributed by atoms with Gasteiger partial charge in [-0.15, -0.1) is 0 Å². The molecule has 0 aromatic carbocycles. The molecule has 1 heterocycles. The fourth-order valence-electron chi connectivity index (χ4n) is 2.00. The van der Waals surface area contributed by atoms with Crippen LogP contribution in [0.15, 0.2) is 47.6 Å². The molecule has 0 aliphatic carbocycles. The normalized spacial score (nSPS) is 23.4. The predicted molar refractivity (Wildman–Crippen MR) is 78.3 cm³/mol. The Labute approximate surface area is 114 Å². The molecule has 1 saturated heterocycles. The average molecular weight is 262 g/mol. The summed E-state index contributed by atoms with van der Waals surface area (Å²) in [6, 6.07) is -0.0661. The minimum atomic E-state index is -0.0661. The van der Waals surface area contributed by atoms with Gasteiger partial charge in [0.15, 0.2) is 5.88 Å². The summed E-state index contributed by atoms with van der Waals surface area (Å²) in [4.78, 5) is 1.81. The summed E-state index contributed by atoms with van der Waals surface area (Å²) < 4.78 is 5.14. The van der Waals surface area contributed by atoms with E-state index < -0.39 is 0 Å². The Bertz CT molecular complexity index is 433. The lowest BCUT2D eigenvalue weighted by Gasteiger charge is -2.21. The van der Waals surface area contributed by atoms with Crippen molar-refractivity contribution < 1.29 is 9.84 Å². The smallest absolute Gasteiger partial charge is 0.187 e. The van der Waals surface area contributed by atoms with Crippen LogP contribution in [0.3, 0.4) is 0 Å². The minimum absolute atomic E-state index is 0.0661. The molecule has 1 aliphatic rings. The molecule has 0 spiro atoms. The van der Waals surface area contributed by atoms with Crippen LogP contribution in [0.4, 0.5) is 0 Å². The van der Waals surface area contributed by atoms with E-state index in [1.165, 1.54) is 11.8 Å². The van der Waals surface area contributed by atoms with Gasteiger partial charge in [0, 0.05) is 18.8 Å². The molecule has 2 N–H and O–H groups in total. The molecule has 0 radical (unpaired) electrons. The van der Waals surface area contributed by atoms with E-state index in [1.807, 2.05) is 37.0 Å². The van der Waals surface area contributed by atoms with Crippen molar-refractivity contribution in [1.82, 2.24) is 4.90 Å². The highest BCUT2D eigenvalue weighted by molar-refractivity contribution is 5.63. The van der Waals surface area contributed by atoms with Crippen molar-refractivity contribution in [3.05, 3.63) is 47.6 Å². The zero-order valence-electron chi connectivity index (χ0n) is 11.8. The summed E-state index contributed by atoms with van der Waals surface area (Å²) in [6.45, 7) is 4.55. The lowest BCUT2D eigenvalue weighted by Crippen LogP contribution is -2.29. The molecular formula is C15H22N2O2. The van der Waals surface area contributed by atoms with Crippen LogP contribution < -0.4 is 0 Å². The van der Waals surface area contributed by atoms with Crippen LogP contribution in [0.2, 0.25) is 0 Å². The fourth-order valence-corrected chi connectivity index (χ4v) is 2.00. The number of rotatable bonds is 5. The van der Waals surface area contributed by atoms with Gasteiger partial charge in [-0.1, -0.05) is 17.7 Å². The van der Waals surface area contributed by atoms with E-state index in [0.29, 0.717) is 12.3 Å². The number of aliphatic hydroxyl groups excluding tert-OH is 1. The van der Waals surface area contributed by atoms with Crippen molar-refractivity contribution in [3.8, 4) is 0 Å². The SMILES string of the molecule is C\C=C/C(=C\C=C(/O)N1C/C(=C/C)C[C@H]1C=N)OC. The Morgan fingerprint density at radius 3 is 2.68 bits per heavy atom. The van der Waals surface area contributed by atoms with E-state index in [2.05, 4.69) is 0 Å². The van der Waals surface area contributed by atoms with Gasteiger partial charge >= 0.3 is 0 Å². The zero-order valence-corrected chi connectivity index (χ0v) is 11.8.